The van der Waals surface area contributed by atoms with E-state index in [0.29, 0.717) is 12.1 Å². The fourth-order valence-electron chi connectivity index (χ4n) is 1.25. The highest BCUT2D eigenvalue weighted by molar-refractivity contribution is 5.18. The molecule has 0 unspecified atom stereocenters. The topological polar surface area (TPSA) is 12.0 Å². The van der Waals surface area contributed by atoms with Gasteiger partial charge in [0, 0.05) is 18.7 Å². The third-order valence-electron chi connectivity index (χ3n) is 1.98. The number of hydrogen-bond acceptors (Lipinski definition) is 1. The lowest BCUT2D eigenvalue weighted by molar-refractivity contribution is 0.377. The summed E-state index contributed by atoms with van der Waals surface area (Å²) in [6.45, 7) is 7.38. The monoisotopic (exact) mass is 213 g/mol. The molecule has 3 heteroatoms. The van der Waals surface area contributed by atoms with Crippen LogP contribution in [0.4, 0.5) is 8.78 Å². The Hall–Kier alpha value is -0.960. The highest BCUT2D eigenvalue weighted by atomic mass is 19.1. The van der Waals surface area contributed by atoms with E-state index in [9.17, 15) is 8.78 Å². The van der Waals surface area contributed by atoms with E-state index < -0.39 is 5.82 Å². The van der Waals surface area contributed by atoms with Gasteiger partial charge in [-0.3, -0.25) is 0 Å². The second kappa shape index (κ2) is 4.71. The Balaban J connectivity index is 2.54. The van der Waals surface area contributed by atoms with Gasteiger partial charge in [-0.05, 0) is 23.6 Å². The zero-order valence-electron chi connectivity index (χ0n) is 9.40. The lowest BCUT2D eigenvalue weighted by Gasteiger charge is -2.18. The van der Waals surface area contributed by atoms with Crippen molar-refractivity contribution < 1.29 is 8.78 Å². The van der Waals surface area contributed by atoms with Crippen molar-refractivity contribution in [1.29, 1.82) is 0 Å². The molecule has 0 aliphatic heterocycles. The Morgan fingerprint density at radius 2 is 1.87 bits per heavy atom. The molecule has 0 saturated carbocycles. The molecule has 1 aromatic carbocycles. The van der Waals surface area contributed by atoms with Crippen molar-refractivity contribution in [2.24, 2.45) is 5.41 Å². The Kier molecular flexibility index (Phi) is 3.80. The first-order chi connectivity index (χ1) is 6.88. The lowest BCUT2D eigenvalue weighted by Crippen LogP contribution is -2.26. The van der Waals surface area contributed by atoms with Crippen LogP contribution in [0.2, 0.25) is 0 Å². The van der Waals surface area contributed by atoms with Crippen molar-refractivity contribution >= 4 is 0 Å². The fraction of sp³-hybridized carbons (Fsp3) is 0.500. The van der Waals surface area contributed by atoms with Gasteiger partial charge in [-0.2, -0.15) is 0 Å². The summed E-state index contributed by atoms with van der Waals surface area (Å²) < 4.78 is 26.0. The van der Waals surface area contributed by atoms with Crippen LogP contribution in [0.25, 0.3) is 0 Å². The van der Waals surface area contributed by atoms with Gasteiger partial charge in [0.25, 0.3) is 0 Å². The number of halogens is 2. The van der Waals surface area contributed by atoms with Crippen molar-refractivity contribution in [2.45, 2.75) is 27.3 Å². The first-order valence-electron chi connectivity index (χ1n) is 5.03. The van der Waals surface area contributed by atoms with E-state index in [-0.39, 0.29) is 11.2 Å². The molecule has 1 aromatic rings. The van der Waals surface area contributed by atoms with Crippen LogP contribution in [0.5, 0.6) is 0 Å². The van der Waals surface area contributed by atoms with Crippen molar-refractivity contribution in [1.82, 2.24) is 5.32 Å². The maximum absolute atomic E-state index is 13.2. The zero-order chi connectivity index (χ0) is 11.5. The highest BCUT2D eigenvalue weighted by Crippen LogP contribution is 2.12. The maximum atomic E-state index is 13.2. The van der Waals surface area contributed by atoms with E-state index in [4.69, 9.17) is 0 Å². The Bertz CT molecular complexity index is 329. The lowest BCUT2D eigenvalue weighted by atomic mass is 9.97. The minimum absolute atomic E-state index is 0.143. The van der Waals surface area contributed by atoms with Crippen LogP contribution < -0.4 is 5.32 Å². The zero-order valence-corrected chi connectivity index (χ0v) is 9.40. The smallest absolute Gasteiger partial charge is 0.127 e. The molecule has 0 amide bonds. The van der Waals surface area contributed by atoms with Gasteiger partial charge in [-0.1, -0.05) is 20.8 Å². The second-order valence-electron chi connectivity index (χ2n) is 4.90. The molecule has 1 rings (SSSR count). The predicted molar refractivity (Wildman–Crippen MR) is 57.5 cm³/mol. The van der Waals surface area contributed by atoms with Crippen molar-refractivity contribution in [3.63, 3.8) is 0 Å². The molecule has 0 aliphatic rings. The van der Waals surface area contributed by atoms with Crippen LogP contribution >= 0.6 is 0 Å². The van der Waals surface area contributed by atoms with Gasteiger partial charge in [0.15, 0.2) is 0 Å². The molecule has 0 spiro atoms. The predicted octanol–water partition coefficient (Wildman–Crippen LogP) is 3.10. The Morgan fingerprint density at radius 1 is 1.20 bits per heavy atom. The van der Waals surface area contributed by atoms with Gasteiger partial charge in [0.1, 0.15) is 11.6 Å². The van der Waals surface area contributed by atoms with Gasteiger partial charge in [-0.25, -0.2) is 8.78 Å². The number of rotatable bonds is 3. The maximum Gasteiger partial charge on any atom is 0.127 e. The largest absolute Gasteiger partial charge is 0.312 e. The third kappa shape index (κ3) is 4.38. The Morgan fingerprint density at radius 3 is 2.47 bits per heavy atom. The summed E-state index contributed by atoms with van der Waals surface area (Å²) in [4.78, 5) is 0. The second-order valence-corrected chi connectivity index (χ2v) is 4.90. The van der Waals surface area contributed by atoms with Crippen molar-refractivity contribution in [3.8, 4) is 0 Å². The molecule has 0 saturated heterocycles. The first-order valence-corrected chi connectivity index (χ1v) is 5.03. The highest BCUT2D eigenvalue weighted by Gasteiger charge is 2.10. The molecule has 0 heterocycles. The van der Waals surface area contributed by atoms with Crippen molar-refractivity contribution in [3.05, 3.63) is 35.4 Å². The molecule has 1 N–H and O–H groups in total. The van der Waals surface area contributed by atoms with Crippen LogP contribution in [-0.2, 0) is 6.54 Å². The van der Waals surface area contributed by atoms with Gasteiger partial charge in [-0.15, -0.1) is 0 Å². The SMILES string of the molecule is CC(C)(C)CNCc1cc(F)ccc1F. The molecule has 0 bridgehead atoms. The molecular weight excluding hydrogens is 196 g/mol. The molecule has 0 atom stereocenters. The third-order valence-corrected chi connectivity index (χ3v) is 1.98. The van der Waals surface area contributed by atoms with Gasteiger partial charge >= 0.3 is 0 Å². The normalized spacial score (nSPS) is 11.8. The van der Waals surface area contributed by atoms with E-state index in [1.807, 2.05) is 0 Å². The standard InChI is InChI=1S/C12H17F2N/c1-12(2,3)8-15-7-9-6-10(13)4-5-11(9)14/h4-6,15H,7-8H2,1-3H3. The molecule has 0 aromatic heterocycles. The average Bonchev–Trinajstić information content (AvgIpc) is 2.09. The number of benzene rings is 1. The van der Waals surface area contributed by atoms with Crippen LogP contribution in [-0.4, -0.2) is 6.54 Å². The first kappa shape index (κ1) is 12.1. The van der Waals surface area contributed by atoms with Gasteiger partial charge in [0.05, 0.1) is 0 Å². The molecule has 0 aliphatic carbocycles. The van der Waals surface area contributed by atoms with E-state index in [1.165, 1.54) is 6.07 Å². The average molecular weight is 213 g/mol. The Labute approximate surface area is 89.5 Å². The molecule has 1 nitrogen and oxygen atoms in total. The van der Waals surface area contributed by atoms with Crippen molar-refractivity contribution in [2.75, 3.05) is 6.54 Å². The summed E-state index contributed by atoms with van der Waals surface area (Å²) >= 11 is 0. The molecule has 15 heavy (non-hydrogen) atoms. The number of hydrogen-bond donors (Lipinski definition) is 1. The minimum atomic E-state index is -0.399. The molecular formula is C12H17F2N. The summed E-state index contributed by atoms with van der Waals surface area (Å²) in [5.74, 6) is -0.762. The van der Waals surface area contributed by atoms with Crippen LogP contribution in [0.1, 0.15) is 26.3 Å². The summed E-state index contributed by atoms with van der Waals surface area (Å²) in [7, 11) is 0. The molecule has 0 radical (unpaired) electrons. The fourth-order valence-corrected chi connectivity index (χ4v) is 1.25. The van der Waals surface area contributed by atoms with Gasteiger partial charge < -0.3 is 5.32 Å². The summed E-state index contributed by atoms with van der Waals surface area (Å²) in [6, 6.07) is 3.51. The van der Waals surface area contributed by atoms with Gasteiger partial charge in [0.2, 0.25) is 0 Å². The molecule has 0 fully saturated rings. The minimum Gasteiger partial charge on any atom is -0.312 e. The van der Waals surface area contributed by atoms with E-state index >= 15 is 0 Å². The summed E-state index contributed by atoms with van der Waals surface area (Å²) in [5.41, 5.74) is 0.517. The quantitative estimate of drug-likeness (QED) is 0.813. The van der Waals surface area contributed by atoms with Crippen LogP contribution in [0, 0.1) is 17.0 Å². The summed E-state index contributed by atoms with van der Waals surface area (Å²) in [6.07, 6.45) is 0. The summed E-state index contributed by atoms with van der Waals surface area (Å²) in [5, 5.41) is 3.10. The van der Waals surface area contributed by atoms with E-state index in [2.05, 4.69) is 26.1 Å². The van der Waals surface area contributed by atoms with Crippen LogP contribution in [0.3, 0.4) is 0 Å². The van der Waals surface area contributed by atoms with E-state index in [0.717, 1.165) is 18.7 Å². The molecule has 84 valence electrons. The van der Waals surface area contributed by atoms with E-state index in [1.54, 1.807) is 0 Å². The number of nitrogens with one attached hydrogen (secondary N) is 1. The van der Waals surface area contributed by atoms with Crippen LogP contribution in [0.15, 0.2) is 18.2 Å².